The zero-order chi connectivity index (χ0) is 14.9. The third-order valence-corrected chi connectivity index (χ3v) is 5.66. The summed E-state index contributed by atoms with van der Waals surface area (Å²) in [7, 11) is 0. The molecule has 1 saturated carbocycles. The number of nitrogens with one attached hydrogen (secondary N) is 1. The molecular formula is C18H26BrNO. The standard InChI is InChI=1S/C18H26BrNO/c1-13-10-14(2)17(16(19)11-13)20-15-6-9-21-18(12-15)7-4-3-5-8-18/h10-11,15,20H,3-9,12H2,1-2H3. The van der Waals surface area contributed by atoms with Crippen molar-refractivity contribution in [2.45, 2.75) is 70.4 Å². The number of hydrogen-bond acceptors (Lipinski definition) is 2. The van der Waals surface area contributed by atoms with Crippen molar-refractivity contribution in [3.8, 4) is 0 Å². The molecule has 1 atom stereocenters. The molecule has 3 heteroatoms. The van der Waals surface area contributed by atoms with Crippen LogP contribution in [0.1, 0.15) is 56.1 Å². The lowest BCUT2D eigenvalue weighted by Gasteiger charge is -2.44. The number of aryl methyl sites for hydroxylation is 2. The van der Waals surface area contributed by atoms with E-state index in [1.54, 1.807) is 0 Å². The maximum absolute atomic E-state index is 6.20. The van der Waals surface area contributed by atoms with E-state index in [2.05, 4.69) is 47.2 Å². The van der Waals surface area contributed by atoms with Gasteiger partial charge in [0.25, 0.3) is 0 Å². The van der Waals surface area contributed by atoms with Crippen LogP contribution in [-0.2, 0) is 4.74 Å². The first-order valence-electron chi connectivity index (χ1n) is 8.25. The molecule has 1 aromatic carbocycles. The van der Waals surface area contributed by atoms with Crippen LogP contribution in [0.5, 0.6) is 0 Å². The van der Waals surface area contributed by atoms with Gasteiger partial charge < -0.3 is 10.1 Å². The molecule has 1 aliphatic heterocycles. The van der Waals surface area contributed by atoms with E-state index >= 15 is 0 Å². The lowest BCUT2D eigenvalue weighted by Crippen LogP contribution is -2.45. The maximum atomic E-state index is 6.20. The number of halogens is 1. The first kappa shape index (κ1) is 15.4. The highest BCUT2D eigenvalue weighted by Crippen LogP contribution is 2.40. The second-order valence-corrected chi connectivity index (χ2v) is 7.72. The van der Waals surface area contributed by atoms with Gasteiger partial charge in [-0.2, -0.15) is 0 Å². The molecule has 21 heavy (non-hydrogen) atoms. The number of hydrogen-bond donors (Lipinski definition) is 1. The summed E-state index contributed by atoms with van der Waals surface area (Å²) < 4.78 is 7.39. The highest BCUT2D eigenvalue weighted by Gasteiger charge is 2.38. The van der Waals surface area contributed by atoms with Gasteiger partial charge in [0.05, 0.1) is 11.3 Å². The van der Waals surface area contributed by atoms with E-state index in [0.29, 0.717) is 6.04 Å². The minimum atomic E-state index is 0.166. The van der Waals surface area contributed by atoms with Crippen molar-refractivity contribution in [2.24, 2.45) is 0 Å². The Hall–Kier alpha value is -0.540. The van der Waals surface area contributed by atoms with Gasteiger partial charge in [-0.05, 0) is 72.7 Å². The Morgan fingerprint density at radius 3 is 2.67 bits per heavy atom. The predicted molar refractivity (Wildman–Crippen MR) is 92.0 cm³/mol. The summed E-state index contributed by atoms with van der Waals surface area (Å²) in [5.41, 5.74) is 4.06. The Morgan fingerprint density at radius 1 is 1.19 bits per heavy atom. The summed E-state index contributed by atoms with van der Waals surface area (Å²) in [5.74, 6) is 0. The quantitative estimate of drug-likeness (QED) is 0.774. The van der Waals surface area contributed by atoms with Gasteiger partial charge in [0.2, 0.25) is 0 Å². The second-order valence-electron chi connectivity index (χ2n) is 6.86. The van der Waals surface area contributed by atoms with Crippen LogP contribution in [0.25, 0.3) is 0 Å². The fourth-order valence-electron chi connectivity index (χ4n) is 4.00. The van der Waals surface area contributed by atoms with Crippen molar-refractivity contribution >= 4 is 21.6 Å². The van der Waals surface area contributed by atoms with Crippen LogP contribution < -0.4 is 5.32 Å². The first-order chi connectivity index (χ1) is 10.1. The molecule has 0 aromatic heterocycles. The van der Waals surface area contributed by atoms with Crippen molar-refractivity contribution < 1.29 is 4.74 Å². The molecule has 1 N–H and O–H groups in total. The second kappa shape index (κ2) is 6.29. The summed E-state index contributed by atoms with van der Waals surface area (Å²) in [5, 5.41) is 3.79. The van der Waals surface area contributed by atoms with E-state index in [4.69, 9.17) is 4.74 Å². The molecule has 2 fully saturated rings. The Bertz CT molecular complexity index is 479. The Balaban J connectivity index is 1.73. The summed E-state index contributed by atoms with van der Waals surface area (Å²) in [6.07, 6.45) is 8.82. The lowest BCUT2D eigenvalue weighted by atomic mass is 9.78. The summed E-state index contributed by atoms with van der Waals surface area (Å²) in [6, 6.07) is 4.99. The third-order valence-electron chi connectivity index (χ3n) is 5.04. The van der Waals surface area contributed by atoms with Gasteiger partial charge in [-0.1, -0.05) is 25.3 Å². The van der Waals surface area contributed by atoms with E-state index in [-0.39, 0.29) is 5.60 Å². The Kier molecular flexibility index (Phi) is 4.60. The minimum absolute atomic E-state index is 0.166. The summed E-state index contributed by atoms with van der Waals surface area (Å²) in [6.45, 7) is 5.24. The van der Waals surface area contributed by atoms with Gasteiger partial charge >= 0.3 is 0 Å². The van der Waals surface area contributed by atoms with Gasteiger partial charge in [0.15, 0.2) is 0 Å². The molecule has 1 aromatic rings. The number of ether oxygens (including phenoxy) is 1. The van der Waals surface area contributed by atoms with Crippen LogP contribution in [-0.4, -0.2) is 18.2 Å². The molecule has 3 rings (SSSR count). The van der Waals surface area contributed by atoms with Gasteiger partial charge in [-0.3, -0.25) is 0 Å². The minimum Gasteiger partial charge on any atom is -0.381 e. The summed E-state index contributed by atoms with van der Waals surface area (Å²) >= 11 is 3.72. The molecular weight excluding hydrogens is 326 g/mol. The largest absolute Gasteiger partial charge is 0.381 e. The molecule has 1 aliphatic carbocycles. The molecule has 2 aliphatic rings. The van der Waals surface area contributed by atoms with Crippen molar-refractivity contribution in [1.82, 2.24) is 0 Å². The highest BCUT2D eigenvalue weighted by molar-refractivity contribution is 9.10. The molecule has 1 spiro atoms. The van der Waals surface area contributed by atoms with Crippen LogP contribution in [0.4, 0.5) is 5.69 Å². The third kappa shape index (κ3) is 3.45. The van der Waals surface area contributed by atoms with Crippen LogP contribution in [0.2, 0.25) is 0 Å². The topological polar surface area (TPSA) is 21.3 Å². The average molecular weight is 352 g/mol. The number of benzene rings is 1. The fraction of sp³-hybridized carbons (Fsp3) is 0.667. The number of anilines is 1. The van der Waals surface area contributed by atoms with Crippen molar-refractivity contribution in [2.75, 3.05) is 11.9 Å². The highest BCUT2D eigenvalue weighted by atomic mass is 79.9. The zero-order valence-electron chi connectivity index (χ0n) is 13.2. The molecule has 0 amide bonds. The molecule has 116 valence electrons. The van der Waals surface area contributed by atoms with Crippen LogP contribution in [0.3, 0.4) is 0 Å². The predicted octanol–water partition coefficient (Wildman–Crippen LogP) is 5.36. The molecule has 1 saturated heterocycles. The lowest BCUT2D eigenvalue weighted by molar-refractivity contribution is -0.103. The molecule has 0 bridgehead atoms. The van der Waals surface area contributed by atoms with E-state index in [1.165, 1.54) is 53.4 Å². The normalized spacial score (nSPS) is 25.0. The smallest absolute Gasteiger partial charge is 0.0702 e. The van der Waals surface area contributed by atoms with E-state index in [9.17, 15) is 0 Å². The molecule has 1 unspecified atom stereocenters. The number of rotatable bonds is 2. The van der Waals surface area contributed by atoms with E-state index < -0.39 is 0 Å². The van der Waals surface area contributed by atoms with Crippen molar-refractivity contribution in [3.05, 3.63) is 27.7 Å². The van der Waals surface area contributed by atoms with Crippen LogP contribution >= 0.6 is 15.9 Å². The average Bonchev–Trinajstić information content (AvgIpc) is 2.44. The van der Waals surface area contributed by atoms with Crippen LogP contribution in [0, 0.1) is 13.8 Å². The monoisotopic (exact) mass is 351 g/mol. The first-order valence-corrected chi connectivity index (χ1v) is 9.05. The Labute approximate surface area is 136 Å². The fourth-order valence-corrected chi connectivity index (χ4v) is 4.79. The van der Waals surface area contributed by atoms with E-state index in [0.717, 1.165) is 19.4 Å². The molecule has 2 nitrogen and oxygen atoms in total. The van der Waals surface area contributed by atoms with Crippen molar-refractivity contribution in [3.63, 3.8) is 0 Å². The van der Waals surface area contributed by atoms with Gasteiger partial charge in [-0.25, -0.2) is 0 Å². The maximum Gasteiger partial charge on any atom is 0.0702 e. The van der Waals surface area contributed by atoms with Gasteiger partial charge in [-0.15, -0.1) is 0 Å². The van der Waals surface area contributed by atoms with Gasteiger partial charge in [0.1, 0.15) is 0 Å². The SMILES string of the molecule is Cc1cc(C)c(NC2CCOC3(CCCCC3)C2)c(Br)c1. The van der Waals surface area contributed by atoms with Crippen molar-refractivity contribution in [1.29, 1.82) is 0 Å². The van der Waals surface area contributed by atoms with Crippen LogP contribution in [0.15, 0.2) is 16.6 Å². The van der Waals surface area contributed by atoms with E-state index in [1.807, 2.05) is 0 Å². The zero-order valence-corrected chi connectivity index (χ0v) is 14.8. The Morgan fingerprint density at radius 2 is 1.95 bits per heavy atom. The summed E-state index contributed by atoms with van der Waals surface area (Å²) in [4.78, 5) is 0. The molecule has 0 radical (unpaired) electrons. The molecule has 1 heterocycles. The van der Waals surface area contributed by atoms with Gasteiger partial charge in [0, 0.05) is 17.1 Å².